The Balaban J connectivity index is 2.15. The highest BCUT2D eigenvalue weighted by molar-refractivity contribution is 8.00. The Labute approximate surface area is 103 Å². The summed E-state index contributed by atoms with van der Waals surface area (Å²) < 4.78 is 1.25. The van der Waals surface area contributed by atoms with Crippen LogP contribution < -0.4 is 0 Å². The zero-order chi connectivity index (χ0) is 11.2. The Morgan fingerprint density at radius 2 is 2.25 bits per heavy atom. The van der Waals surface area contributed by atoms with E-state index in [0.717, 1.165) is 17.7 Å². The van der Waals surface area contributed by atoms with E-state index in [2.05, 4.69) is 36.6 Å². The van der Waals surface area contributed by atoms with Crippen LogP contribution in [-0.2, 0) is 5.60 Å². The summed E-state index contributed by atoms with van der Waals surface area (Å²) in [5, 5.41) is 14.6. The van der Waals surface area contributed by atoms with Gasteiger partial charge in [0, 0.05) is 21.3 Å². The number of thiophene rings is 1. The molecule has 1 aromatic heterocycles. The first-order chi connectivity index (χ1) is 7.69. The highest BCUT2D eigenvalue weighted by Gasteiger charge is 2.38. The third kappa shape index (κ3) is 1.58. The minimum atomic E-state index is -0.617. The highest BCUT2D eigenvalue weighted by atomic mass is 32.2. The van der Waals surface area contributed by atoms with Crippen molar-refractivity contribution in [2.75, 3.05) is 5.75 Å². The minimum Gasteiger partial charge on any atom is -0.384 e. The molecule has 0 saturated carbocycles. The molecule has 1 aliphatic heterocycles. The second-order valence-corrected chi connectivity index (χ2v) is 6.84. The minimum absolute atomic E-state index is 0.556. The molecule has 2 heterocycles. The smallest absolute Gasteiger partial charge is 0.101 e. The summed E-state index contributed by atoms with van der Waals surface area (Å²) in [5.41, 5.74) is 0.505. The van der Waals surface area contributed by atoms with Crippen LogP contribution in [0.5, 0.6) is 0 Å². The van der Waals surface area contributed by atoms with Crippen molar-refractivity contribution in [2.24, 2.45) is 0 Å². The van der Waals surface area contributed by atoms with Crippen LogP contribution in [-0.4, -0.2) is 16.1 Å². The van der Waals surface area contributed by atoms with Gasteiger partial charge in [0.2, 0.25) is 0 Å². The molecule has 0 bridgehead atoms. The van der Waals surface area contributed by atoms with Gasteiger partial charge in [-0.1, -0.05) is 25.1 Å². The van der Waals surface area contributed by atoms with E-state index in [-0.39, 0.29) is 0 Å². The van der Waals surface area contributed by atoms with Gasteiger partial charge in [-0.2, -0.15) is 11.8 Å². The number of rotatable bonds is 1. The van der Waals surface area contributed by atoms with Crippen molar-refractivity contribution in [3.05, 3.63) is 35.2 Å². The molecule has 1 saturated heterocycles. The number of hydrogen-bond acceptors (Lipinski definition) is 3. The van der Waals surface area contributed by atoms with Crippen molar-refractivity contribution in [2.45, 2.75) is 24.2 Å². The maximum atomic E-state index is 10.7. The monoisotopic (exact) mass is 250 g/mol. The molecule has 84 valence electrons. The topological polar surface area (TPSA) is 20.2 Å². The Hall–Kier alpha value is -0.510. The Morgan fingerprint density at radius 3 is 3.00 bits per heavy atom. The second-order valence-electron chi connectivity index (χ2n) is 4.50. The summed E-state index contributed by atoms with van der Waals surface area (Å²) in [6.45, 7) is 2.19. The van der Waals surface area contributed by atoms with Gasteiger partial charge in [0.1, 0.15) is 5.60 Å². The van der Waals surface area contributed by atoms with Gasteiger partial charge in [-0.3, -0.25) is 0 Å². The van der Waals surface area contributed by atoms with E-state index in [9.17, 15) is 5.11 Å². The van der Waals surface area contributed by atoms with Gasteiger partial charge >= 0.3 is 0 Å². The van der Waals surface area contributed by atoms with Crippen LogP contribution in [0.1, 0.15) is 18.9 Å². The maximum absolute atomic E-state index is 10.7. The normalized spacial score (nSPS) is 30.0. The molecule has 0 radical (unpaired) electrons. The van der Waals surface area contributed by atoms with Crippen LogP contribution in [0.3, 0.4) is 0 Å². The predicted molar refractivity (Wildman–Crippen MR) is 72.3 cm³/mol. The average Bonchev–Trinajstić information content (AvgIpc) is 2.85. The third-order valence-corrected chi connectivity index (χ3v) is 5.56. The van der Waals surface area contributed by atoms with Crippen molar-refractivity contribution in [1.29, 1.82) is 0 Å². The molecule has 16 heavy (non-hydrogen) atoms. The molecule has 0 spiro atoms. The van der Waals surface area contributed by atoms with E-state index >= 15 is 0 Å². The van der Waals surface area contributed by atoms with E-state index in [0.29, 0.717) is 5.25 Å². The summed E-state index contributed by atoms with van der Waals surface area (Å²) >= 11 is 3.60. The summed E-state index contributed by atoms with van der Waals surface area (Å²) in [5.74, 6) is 0.825. The number of aliphatic hydroxyl groups is 1. The van der Waals surface area contributed by atoms with Gasteiger partial charge in [0.25, 0.3) is 0 Å². The van der Waals surface area contributed by atoms with Crippen molar-refractivity contribution in [1.82, 2.24) is 0 Å². The molecule has 1 aromatic carbocycles. The molecule has 0 aliphatic carbocycles. The van der Waals surface area contributed by atoms with Crippen LogP contribution in [0, 0.1) is 0 Å². The fourth-order valence-corrected chi connectivity index (χ4v) is 4.66. The number of benzene rings is 1. The molecule has 3 rings (SSSR count). The molecular formula is C13H14OS2. The maximum Gasteiger partial charge on any atom is 0.101 e. The van der Waals surface area contributed by atoms with Gasteiger partial charge in [-0.25, -0.2) is 0 Å². The van der Waals surface area contributed by atoms with E-state index in [4.69, 9.17) is 0 Å². The summed E-state index contributed by atoms with van der Waals surface area (Å²) in [6, 6.07) is 8.37. The van der Waals surface area contributed by atoms with Crippen LogP contribution in [0.15, 0.2) is 29.6 Å². The summed E-state index contributed by atoms with van der Waals surface area (Å²) in [7, 11) is 0. The lowest BCUT2D eigenvalue weighted by Gasteiger charge is -2.23. The number of hydrogen-bond donors (Lipinski definition) is 1. The Kier molecular flexibility index (Phi) is 2.50. The molecule has 1 nitrogen and oxygen atoms in total. The molecule has 2 unspecified atom stereocenters. The van der Waals surface area contributed by atoms with Gasteiger partial charge < -0.3 is 5.11 Å². The zero-order valence-corrected chi connectivity index (χ0v) is 10.8. The van der Waals surface area contributed by atoms with Crippen LogP contribution in [0.4, 0.5) is 0 Å². The summed E-state index contributed by atoms with van der Waals surface area (Å²) in [6.07, 6.45) is 0.870. The van der Waals surface area contributed by atoms with E-state index < -0.39 is 5.60 Å². The van der Waals surface area contributed by atoms with Gasteiger partial charge in [0.15, 0.2) is 0 Å². The SMILES string of the molecule is CC1CC(O)(c2cccc3ccsc23)CS1. The van der Waals surface area contributed by atoms with E-state index in [1.54, 1.807) is 11.3 Å². The summed E-state index contributed by atoms with van der Waals surface area (Å²) in [4.78, 5) is 0. The Morgan fingerprint density at radius 1 is 1.38 bits per heavy atom. The molecule has 2 aromatic rings. The molecule has 0 amide bonds. The van der Waals surface area contributed by atoms with Crippen LogP contribution in [0.25, 0.3) is 10.1 Å². The van der Waals surface area contributed by atoms with Crippen molar-refractivity contribution < 1.29 is 5.11 Å². The first-order valence-corrected chi connectivity index (χ1v) is 7.42. The first kappa shape index (κ1) is 10.6. The molecular weight excluding hydrogens is 236 g/mol. The first-order valence-electron chi connectivity index (χ1n) is 5.50. The lowest BCUT2D eigenvalue weighted by atomic mass is 9.91. The lowest BCUT2D eigenvalue weighted by molar-refractivity contribution is 0.0629. The highest BCUT2D eigenvalue weighted by Crippen LogP contribution is 2.44. The quantitative estimate of drug-likeness (QED) is 0.834. The largest absolute Gasteiger partial charge is 0.384 e. The predicted octanol–water partition coefficient (Wildman–Crippen LogP) is 3.61. The standard InChI is InChI=1S/C13H14OS2/c1-9-7-13(14,8-16-9)11-4-2-3-10-5-6-15-12(10)11/h2-6,9,14H,7-8H2,1H3. The fourth-order valence-electron chi connectivity index (χ4n) is 2.42. The van der Waals surface area contributed by atoms with Crippen LogP contribution >= 0.6 is 23.1 Å². The molecule has 2 atom stereocenters. The fraction of sp³-hybridized carbons (Fsp3) is 0.385. The average molecular weight is 250 g/mol. The van der Waals surface area contributed by atoms with E-state index in [1.807, 2.05) is 11.8 Å². The third-order valence-electron chi connectivity index (χ3n) is 3.21. The number of thioether (sulfide) groups is 1. The van der Waals surface area contributed by atoms with Gasteiger partial charge in [0.05, 0.1) is 0 Å². The number of fused-ring (bicyclic) bond motifs is 1. The molecule has 3 heteroatoms. The van der Waals surface area contributed by atoms with Gasteiger partial charge in [-0.15, -0.1) is 11.3 Å². The Bertz CT molecular complexity index is 519. The molecule has 1 fully saturated rings. The van der Waals surface area contributed by atoms with Gasteiger partial charge in [-0.05, 0) is 23.3 Å². The zero-order valence-electron chi connectivity index (χ0n) is 9.14. The van der Waals surface area contributed by atoms with E-state index in [1.165, 1.54) is 10.1 Å². The van der Waals surface area contributed by atoms with Crippen molar-refractivity contribution >= 4 is 33.2 Å². The van der Waals surface area contributed by atoms with Crippen LogP contribution in [0.2, 0.25) is 0 Å². The molecule has 1 N–H and O–H groups in total. The van der Waals surface area contributed by atoms with Crippen molar-refractivity contribution in [3.8, 4) is 0 Å². The van der Waals surface area contributed by atoms with Crippen molar-refractivity contribution in [3.63, 3.8) is 0 Å². The molecule has 1 aliphatic rings. The second kappa shape index (κ2) is 3.76. The lowest BCUT2D eigenvalue weighted by Crippen LogP contribution is -2.25.